The van der Waals surface area contributed by atoms with Crippen molar-refractivity contribution in [2.45, 2.75) is 45.8 Å². The Balaban J connectivity index is 2.03. The Bertz CT molecular complexity index is 595. The minimum atomic E-state index is -0.347. The third-order valence-corrected chi connectivity index (χ3v) is 4.71. The molecule has 0 radical (unpaired) electrons. The predicted octanol–water partition coefficient (Wildman–Crippen LogP) is 2.62. The molecule has 0 amide bonds. The highest BCUT2D eigenvalue weighted by atomic mass is 32.2. The molecule has 0 aliphatic carbocycles. The molecule has 0 bridgehead atoms. The Morgan fingerprint density at radius 2 is 1.68 bits per heavy atom. The van der Waals surface area contributed by atoms with E-state index in [1.54, 1.807) is 6.92 Å². The number of benzene rings is 1. The van der Waals surface area contributed by atoms with Crippen molar-refractivity contribution < 1.29 is 14.1 Å². The van der Waals surface area contributed by atoms with Gasteiger partial charge in [0.15, 0.2) is 5.12 Å². The summed E-state index contributed by atoms with van der Waals surface area (Å²) >= 11 is 1.22. The van der Waals surface area contributed by atoms with Crippen molar-refractivity contribution in [2.75, 3.05) is 5.75 Å². The maximum absolute atomic E-state index is 10.8. The molecule has 0 unspecified atom stereocenters. The van der Waals surface area contributed by atoms with Crippen LogP contribution in [0.1, 0.15) is 40.2 Å². The second kappa shape index (κ2) is 6.50. The highest BCUT2D eigenvalue weighted by Gasteiger charge is 2.51. The van der Waals surface area contributed by atoms with Gasteiger partial charge in [-0.15, -0.1) is 0 Å². The molecule has 1 aliphatic heterocycles. The Labute approximate surface area is 137 Å². The lowest BCUT2D eigenvalue weighted by molar-refractivity contribution is -0.109. The van der Waals surface area contributed by atoms with E-state index in [4.69, 9.17) is 9.31 Å². The van der Waals surface area contributed by atoms with E-state index < -0.39 is 0 Å². The first-order chi connectivity index (χ1) is 10.2. The van der Waals surface area contributed by atoms with E-state index >= 15 is 0 Å². The lowest BCUT2D eigenvalue weighted by Crippen LogP contribution is -2.41. The zero-order valence-corrected chi connectivity index (χ0v) is 14.5. The summed E-state index contributed by atoms with van der Waals surface area (Å²) in [5.41, 5.74) is 1.24. The molecule has 1 fully saturated rings. The fourth-order valence-electron chi connectivity index (χ4n) is 1.98. The maximum Gasteiger partial charge on any atom is 0.494 e. The highest BCUT2D eigenvalue weighted by Crippen LogP contribution is 2.36. The van der Waals surface area contributed by atoms with Crippen LogP contribution in [-0.2, 0) is 14.1 Å². The van der Waals surface area contributed by atoms with Crippen molar-refractivity contribution in [3.63, 3.8) is 0 Å². The fraction of sp³-hybridized carbons (Fsp3) is 0.471. The van der Waals surface area contributed by atoms with Gasteiger partial charge >= 0.3 is 7.12 Å². The van der Waals surface area contributed by atoms with Gasteiger partial charge in [-0.2, -0.15) is 0 Å². The second-order valence-corrected chi connectivity index (χ2v) is 7.44. The second-order valence-electron chi connectivity index (χ2n) is 6.29. The van der Waals surface area contributed by atoms with Gasteiger partial charge in [-0.3, -0.25) is 4.79 Å². The monoisotopic (exact) mass is 316 g/mol. The molecule has 22 heavy (non-hydrogen) atoms. The smallest absolute Gasteiger partial charge is 0.399 e. The SMILES string of the molecule is CC(=O)SCC#Cc1ccc(B2OC(C)(C)C(C)(C)O2)cc1. The summed E-state index contributed by atoms with van der Waals surface area (Å²) in [5, 5.41) is 0.0883. The van der Waals surface area contributed by atoms with E-state index in [-0.39, 0.29) is 23.4 Å². The minimum Gasteiger partial charge on any atom is -0.399 e. The van der Waals surface area contributed by atoms with Gasteiger partial charge in [-0.05, 0) is 45.3 Å². The number of carbonyl (C=O) groups excluding carboxylic acids is 1. The number of hydrogen-bond donors (Lipinski definition) is 0. The Kier molecular flexibility index (Phi) is 5.06. The van der Waals surface area contributed by atoms with Gasteiger partial charge in [0.25, 0.3) is 0 Å². The minimum absolute atomic E-state index is 0.0883. The molecule has 1 aromatic carbocycles. The average molecular weight is 316 g/mol. The van der Waals surface area contributed by atoms with Crippen molar-refractivity contribution >= 4 is 29.5 Å². The Hall–Kier alpha value is -1.22. The van der Waals surface area contributed by atoms with Crippen LogP contribution in [0.4, 0.5) is 0 Å². The van der Waals surface area contributed by atoms with E-state index in [9.17, 15) is 4.79 Å². The molecule has 116 valence electrons. The summed E-state index contributed by atoms with van der Waals surface area (Å²) < 4.78 is 12.0. The zero-order chi connectivity index (χ0) is 16.4. The predicted molar refractivity (Wildman–Crippen MR) is 92.2 cm³/mol. The van der Waals surface area contributed by atoms with Crippen molar-refractivity contribution in [2.24, 2.45) is 0 Å². The van der Waals surface area contributed by atoms with E-state index in [0.29, 0.717) is 5.75 Å². The van der Waals surface area contributed by atoms with Gasteiger partial charge in [0.1, 0.15) is 0 Å². The molecule has 1 aromatic rings. The first-order valence-corrected chi connectivity index (χ1v) is 8.28. The van der Waals surface area contributed by atoms with Crippen LogP contribution >= 0.6 is 11.8 Å². The maximum atomic E-state index is 10.8. The molecule has 0 aromatic heterocycles. The van der Waals surface area contributed by atoms with Crippen molar-refractivity contribution in [3.05, 3.63) is 29.8 Å². The molecule has 5 heteroatoms. The third-order valence-electron chi connectivity index (χ3n) is 4.02. The van der Waals surface area contributed by atoms with E-state index in [2.05, 4.69) is 11.8 Å². The summed E-state index contributed by atoms with van der Waals surface area (Å²) in [6, 6.07) is 7.85. The normalized spacial score (nSPS) is 18.7. The molecule has 0 N–H and O–H groups in total. The van der Waals surface area contributed by atoms with Crippen LogP contribution in [-0.4, -0.2) is 29.2 Å². The van der Waals surface area contributed by atoms with Crippen LogP contribution in [0.15, 0.2) is 24.3 Å². The van der Waals surface area contributed by atoms with Gasteiger partial charge < -0.3 is 9.31 Å². The van der Waals surface area contributed by atoms with Crippen LogP contribution in [0.5, 0.6) is 0 Å². The van der Waals surface area contributed by atoms with Crippen molar-refractivity contribution in [1.82, 2.24) is 0 Å². The first kappa shape index (κ1) is 17.1. The molecule has 3 nitrogen and oxygen atoms in total. The fourth-order valence-corrected chi connectivity index (χ4v) is 2.33. The van der Waals surface area contributed by atoms with E-state index in [0.717, 1.165) is 11.0 Å². The molecule has 0 spiro atoms. The van der Waals surface area contributed by atoms with Gasteiger partial charge in [-0.1, -0.05) is 35.7 Å². The van der Waals surface area contributed by atoms with Crippen LogP contribution < -0.4 is 5.46 Å². The number of carbonyl (C=O) groups is 1. The lowest BCUT2D eigenvalue weighted by Gasteiger charge is -2.32. The summed E-state index contributed by atoms with van der Waals surface area (Å²) in [7, 11) is -0.347. The van der Waals surface area contributed by atoms with Crippen LogP contribution in [0.2, 0.25) is 0 Å². The summed E-state index contributed by atoms with van der Waals surface area (Å²) in [6.07, 6.45) is 0. The van der Waals surface area contributed by atoms with Gasteiger partial charge in [0.05, 0.1) is 17.0 Å². The van der Waals surface area contributed by atoms with Gasteiger partial charge in [0, 0.05) is 12.5 Å². The standard InChI is InChI=1S/C17H21BO3S/c1-13(19)22-12-6-7-14-8-10-15(11-9-14)18-20-16(2,3)17(4,5)21-18/h8-11H,12H2,1-5H3. The molecule has 1 aliphatic rings. The summed E-state index contributed by atoms with van der Waals surface area (Å²) in [4.78, 5) is 10.8. The van der Waals surface area contributed by atoms with Crippen LogP contribution in [0, 0.1) is 11.8 Å². The molecule has 0 atom stereocenters. The molecule has 2 rings (SSSR count). The number of hydrogen-bond acceptors (Lipinski definition) is 4. The van der Waals surface area contributed by atoms with E-state index in [1.807, 2.05) is 52.0 Å². The molecule has 0 saturated carbocycles. The first-order valence-electron chi connectivity index (χ1n) is 7.29. The molecule has 1 heterocycles. The van der Waals surface area contributed by atoms with E-state index in [1.165, 1.54) is 11.8 Å². The van der Waals surface area contributed by atoms with Crippen molar-refractivity contribution in [3.8, 4) is 11.8 Å². The summed E-state index contributed by atoms with van der Waals surface area (Å²) in [5.74, 6) is 6.55. The lowest BCUT2D eigenvalue weighted by atomic mass is 9.79. The van der Waals surface area contributed by atoms with Crippen LogP contribution in [0.3, 0.4) is 0 Å². The quantitative estimate of drug-likeness (QED) is 0.621. The number of thioether (sulfide) groups is 1. The Morgan fingerprint density at radius 3 is 2.18 bits per heavy atom. The largest absolute Gasteiger partial charge is 0.494 e. The van der Waals surface area contributed by atoms with Gasteiger partial charge in [0.2, 0.25) is 0 Å². The van der Waals surface area contributed by atoms with Crippen LogP contribution in [0.25, 0.3) is 0 Å². The van der Waals surface area contributed by atoms with Crippen molar-refractivity contribution in [1.29, 1.82) is 0 Å². The third kappa shape index (κ3) is 3.95. The summed E-state index contributed by atoms with van der Waals surface area (Å²) in [6.45, 7) is 9.71. The number of rotatable bonds is 2. The Morgan fingerprint density at radius 1 is 1.14 bits per heavy atom. The molecule has 1 saturated heterocycles. The topological polar surface area (TPSA) is 35.5 Å². The molecular formula is C17H21BO3S. The molecular weight excluding hydrogens is 295 g/mol. The zero-order valence-electron chi connectivity index (χ0n) is 13.7. The highest BCUT2D eigenvalue weighted by molar-refractivity contribution is 8.13. The average Bonchev–Trinajstić information content (AvgIpc) is 2.64. The van der Waals surface area contributed by atoms with Gasteiger partial charge in [-0.25, -0.2) is 0 Å².